The van der Waals surface area contributed by atoms with Crippen LogP contribution < -0.4 is 10.2 Å². The summed E-state index contributed by atoms with van der Waals surface area (Å²) in [6.07, 6.45) is 9.54. The number of nitrogens with one attached hydrogen (secondary N) is 1. The fourth-order valence-electron chi connectivity index (χ4n) is 3.27. The van der Waals surface area contributed by atoms with E-state index < -0.39 is 0 Å². The van der Waals surface area contributed by atoms with Crippen LogP contribution in [0.2, 0.25) is 0 Å². The topological polar surface area (TPSA) is 58.1 Å². The number of nitrogens with zero attached hydrogens (tertiary/aromatic N) is 3. The summed E-state index contributed by atoms with van der Waals surface area (Å²) in [5, 5.41) is 3.09. The van der Waals surface area contributed by atoms with Crippen LogP contribution >= 0.6 is 0 Å². The lowest BCUT2D eigenvalue weighted by molar-refractivity contribution is 0.0945. The van der Waals surface area contributed by atoms with Gasteiger partial charge in [-0.3, -0.25) is 9.78 Å². The van der Waals surface area contributed by atoms with E-state index in [4.69, 9.17) is 0 Å². The van der Waals surface area contributed by atoms with Gasteiger partial charge in [-0.1, -0.05) is 25.5 Å². The number of carbonyl (C=O) groups is 1. The Balaban J connectivity index is 1.44. The minimum atomic E-state index is 0.0272. The first-order valence-electron chi connectivity index (χ1n) is 9.14. The minimum Gasteiger partial charge on any atom is -0.355 e. The number of piperidine rings is 1. The Kier molecular flexibility index (Phi) is 5.99. The Morgan fingerprint density at radius 2 is 1.96 bits per heavy atom. The second-order valence-corrected chi connectivity index (χ2v) is 6.65. The lowest BCUT2D eigenvalue weighted by atomic mass is 9.96. The monoisotopic (exact) mass is 338 g/mol. The van der Waals surface area contributed by atoms with Gasteiger partial charge in [-0.2, -0.15) is 0 Å². The highest BCUT2D eigenvalue weighted by atomic mass is 16.1. The van der Waals surface area contributed by atoms with Crippen molar-refractivity contribution in [2.45, 2.75) is 32.6 Å². The number of rotatable bonds is 6. The zero-order valence-corrected chi connectivity index (χ0v) is 14.8. The van der Waals surface area contributed by atoms with Gasteiger partial charge in [0.2, 0.25) is 0 Å². The minimum absolute atomic E-state index is 0.0272. The molecule has 1 aromatic heterocycles. The van der Waals surface area contributed by atoms with Crippen LogP contribution in [0, 0.1) is 5.92 Å². The molecular weight excluding hydrogens is 312 g/mol. The maximum Gasteiger partial charge on any atom is 0.251 e. The van der Waals surface area contributed by atoms with Gasteiger partial charge in [0.1, 0.15) is 5.82 Å². The molecule has 0 unspecified atom stereocenters. The quantitative estimate of drug-likeness (QED) is 0.879. The zero-order chi connectivity index (χ0) is 17.5. The second-order valence-electron chi connectivity index (χ2n) is 6.65. The van der Waals surface area contributed by atoms with Gasteiger partial charge in [-0.25, -0.2) is 4.98 Å². The lowest BCUT2D eigenvalue weighted by Gasteiger charge is -2.32. The normalized spacial score (nSPS) is 15.2. The molecule has 2 heterocycles. The van der Waals surface area contributed by atoms with Crippen LogP contribution in [-0.2, 0) is 6.42 Å². The van der Waals surface area contributed by atoms with Crippen LogP contribution in [0.1, 0.15) is 42.1 Å². The molecule has 132 valence electrons. The molecule has 0 bridgehead atoms. The third-order valence-corrected chi connectivity index (χ3v) is 4.79. The molecule has 1 fully saturated rings. The first kappa shape index (κ1) is 17.4. The molecule has 5 heteroatoms. The number of hydrogen-bond donors (Lipinski definition) is 1. The van der Waals surface area contributed by atoms with Crippen molar-refractivity contribution < 1.29 is 4.79 Å². The van der Waals surface area contributed by atoms with Crippen LogP contribution in [0.15, 0.2) is 42.9 Å². The van der Waals surface area contributed by atoms with Gasteiger partial charge in [0.15, 0.2) is 0 Å². The Morgan fingerprint density at radius 3 is 2.60 bits per heavy atom. The molecule has 5 nitrogen and oxygen atoms in total. The molecule has 1 aliphatic rings. The molecule has 0 saturated carbocycles. The molecule has 0 atom stereocenters. The third-order valence-electron chi connectivity index (χ3n) is 4.79. The molecule has 1 aromatic carbocycles. The van der Waals surface area contributed by atoms with Gasteiger partial charge in [-0.15, -0.1) is 0 Å². The first-order chi connectivity index (χ1) is 12.3. The number of carbonyl (C=O) groups excluding carboxylic acids is 1. The largest absolute Gasteiger partial charge is 0.355 e. The molecule has 3 rings (SSSR count). The summed E-state index contributed by atoms with van der Waals surface area (Å²) in [7, 11) is 0. The summed E-state index contributed by atoms with van der Waals surface area (Å²) >= 11 is 0. The van der Waals surface area contributed by atoms with Crippen LogP contribution in [0.5, 0.6) is 0 Å². The highest BCUT2D eigenvalue weighted by Crippen LogP contribution is 2.20. The van der Waals surface area contributed by atoms with Gasteiger partial charge >= 0.3 is 0 Å². The van der Waals surface area contributed by atoms with E-state index in [2.05, 4.69) is 39.2 Å². The average molecular weight is 338 g/mol. The van der Waals surface area contributed by atoms with E-state index in [-0.39, 0.29) is 5.91 Å². The Labute approximate surface area is 149 Å². The van der Waals surface area contributed by atoms with Crippen molar-refractivity contribution >= 4 is 11.7 Å². The van der Waals surface area contributed by atoms with Crippen molar-refractivity contribution in [1.82, 2.24) is 15.3 Å². The number of anilines is 1. The SMILES string of the molecule is CCCc1ccc(C(=O)NCC2CCN(c3cnccn3)CC2)cc1. The lowest BCUT2D eigenvalue weighted by Crippen LogP contribution is -2.39. The molecule has 1 N–H and O–H groups in total. The van der Waals surface area contributed by atoms with Crippen molar-refractivity contribution in [1.29, 1.82) is 0 Å². The maximum atomic E-state index is 12.3. The molecule has 0 radical (unpaired) electrons. The smallest absolute Gasteiger partial charge is 0.251 e. The predicted octanol–water partition coefficient (Wildman–Crippen LogP) is 3.08. The van der Waals surface area contributed by atoms with Crippen molar-refractivity contribution in [3.05, 3.63) is 54.0 Å². The number of amides is 1. The summed E-state index contributed by atoms with van der Waals surface area (Å²) in [4.78, 5) is 23.0. The summed E-state index contributed by atoms with van der Waals surface area (Å²) < 4.78 is 0. The maximum absolute atomic E-state index is 12.3. The van der Waals surface area contributed by atoms with Gasteiger partial charge in [0, 0.05) is 37.6 Å². The molecule has 25 heavy (non-hydrogen) atoms. The van der Waals surface area contributed by atoms with Gasteiger partial charge in [0.25, 0.3) is 5.91 Å². The van der Waals surface area contributed by atoms with Crippen LogP contribution in [-0.4, -0.2) is 35.5 Å². The Morgan fingerprint density at radius 1 is 1.20 bits per heavy atom. The van der Waals surface area contributed by atoms with Crippen LogP contribution in [0.4, 0.5) is 5.82 Å². The third kappa shape index (κ3) is 4.78. The van der Waals surface area contributed by atoms with Gasteiger partial charge in [0.05, 0.1) is 6.20 Å². The van der Waals surface area contributed by atoms with E-state index in [0.717, 1.165) is 56.7 Å². The molecule has 1 saturated heterocycles. The second kappa shape index (κ2) is 8.60. The zero-order valence-electron chi connectivity index (χ0n) is 14.8. The number of benzene rings is 1. The highest BCUT2D eigenvalue weighted by Gasteiger charge is 2.20. The van der Waals surface area contributed by atoms with E-state index in [1.165, 1.54) is 5.56 Å². The average Bonchev–Trinajstić information content (AvgIpc) is 2.68. The summed E-state index contributed by atoms with van der Waals surface area (Å²) in [6.45, 7) is 4.83. The number of aromatic nitrogens is 2. The van der Waals surface area contributed by atoms with E-state index in [9.17, 15) is 4.79 Å². The van der Waals surface area contributed by atoms with E-state index >= 15 is 0 Å². The van der Waals surface area contributed by atoms with Crippen LogP contribution in [0.25, 0.3) is 0 Å². The number of hydrogen-bond acceptors (Lipinski definition) is 4. The van der Waals surface area contributed by atoms with Crippen molar-refractivity contribution in [3.8, 4) is 0 Å². The Hall–Kier alpha value is -2.43. The Bertz CT molecular complexity index is 664. The summed E-state index contributed by atoms with van der Waals surface area (Å²) in [5.74, 6) is 1.49. The molecule has 2 aromatic rings. The fraction of sp³-hybridized carbons (Fsp3) is 0.450. The van der Waals surface area contributed by atoms with Crippen molar-refractivity contribution in [2.75, 3.05) is 24.5 Å². The van der Waals surface area contributed by atoms with Gasteiger partial charge in [-0.05, 0) is 42.9 Å². The highest BCUT2D eigenvalue weighted by molar-refractivity contribution is 5.94. The molecule has 0 aliphatic carbocycles. The number of aryl methyl sites for hydroxylation is 1. The molecular formula is C20H26N4O. The van der Waals surface area contributed by atoms with Gasteiger partial charge < -0.3 is 10.2 Å². The molecule has 1 aliphatic heterocycles. The molecule has 1 amide bonds. The van der Waals surface area contributed by atoms with Crippen LogP contribution in [0.3, 0.4) is 0 Å². The molecule has 0 spiro atoms. The van der Waals surface area contributed by atoms with E-state index in [1.807, 2.05) is 18.3 Å². The predicted molar refractivity (Wildman–Crippen MR) is 99.7 cm³/mol. The van der Waals surface area contributed by atoms with E-state index in [1.54, 1.807) is 12.4 Å². The fourth-order valence-corrected chi connectivity index (χ4v) is 3.27. The first-order valence-corrected chi connectivity index (χ1v) is 9.14. The van der Waals surface area contributed by atoms with Crippen molar-refractivity contribution in [3.63, 3.8) is 0 Å². The van der Waals surface area contributed by atoms with Crippen molar-refractivity contribution in [2.24, 2.45) is 5.92 Å². The van der Waals surface area contributed by atoms with E-state index in [0.29, 0.717) is 5.92 Å². The standard InChI is InChI=1S/C20H26N4O/c1-2-3-16-4-6-18(7-5-16)20(25)23-14-17-8-12-24(13-9-17)19-15-21-10-11-22-19/h4-7,10-11,15,17H,2-3,8-9,12-14H2,1H3,(H,23,25). The summed E-state index contributed by atoms with van der Waals surface area (Å²) in [5.41, 5.74) is 2.03. The summed E-state index contributed by atoms with van der Waals surface area (Å²) in [6, 6.07) is 7.96.